The Morgan fingerprint density at radius 3 is 2.68 bits per heavy atom. The molecule has 0 spiro atoms. The third kappa shape index (κ3) is 4.46. The summed E-state index contributed by atoms with van der Waals surface area (Å²) in [4.78, 5) is 14.2. The number of amides is 1. The Morgan fingerprint density at radius 1 is 1.26 bits per heavy atom. The largest absolute Gasteiger partial charge is 0.380 e. The zero-order chi connectivity index (χ0) is 13.7. The number of nitrogens with two attached hydrogens (primary N) is 1. The molecule has 1 amide bonds. The van der Waals surface area contributed by atoms with Gasteiger partial charge in [0.15, 0.2) is 0 Å². The topological polar surface area (TPSA) is 55.6 Å². The molecule has 2 fully saturated rings. The Kier molecular flexibility index (Phi) is 5.64. The number of methoxy groups -OCH3 is 1. The van der Waals surface area contributed by atoms with Crippen LogP contribution >= 0.6 is 0 Å². The number of hydrogen-bond acceptors (Lipinski definition) is 3. The average Bonchev–Trinajstić information content (AvgIpc) is 2.46. The van der Waals surface area contributed by atoms with Crippen LogP contribution in [0, 0.1) is 5.92 Å². The molecule has 0 aromatic carbocycles. The van der Waals surface area contributed by atoms with Gasteiger partial charge >= 0.3 is 0 Å². The predicted octanol–water partition coefficient (Wildman–Crippen LogP) is 1.92. The van der Waals surface area contributed by atoms with E-state index in [0.29, 0.717) is 24.3 Å². The first kappa shape index (κ1) is 14.8. The summed E-state index contributed by atoms with van der Waals surface area (Å²) in [7, 11) is 1.74. The highest BCUT2D eigenvalue weighted by Crippen LogP contribution is 2.27. The number of carbonyl (C=O) groups is 1. The van der Waals surface area contributed by atoms with Crippen molar-refractivity contribution in [3.05, 3.63) is 0 Å². The van der Waals surface area contributed by atoms with Crippen molar-refractivity contribution in [2.24, 2.45) is 11.7 Å². The second-order valence-electron chi connectivity index (χ2n) is 6.16. The molecule has 1 aliphatic carbocycles. The maximum Gasteiger partial charge on any atom is 0.222 e. The molecular weight excluding hydrogens is 240 g/mol. The van der Waals surface area contributed by atoms with Gasteiger partial charge in [-0.3, -0.25) is 4.79 Å². The molecule has 1 saturated carbocycles. The minimum atomic E-state index is 0.241. The normalized spacial score (nSPS) is 32.3. The lowest BCUT2D eigenvalue weighted by atomic mass is 9.83. The van der Waals surface area contributed by atoms with Crippen LogP contribution in [0.4, 0.5) is 0 Å². The van der Waals surface area contributed by atoms with E-state index >= 15 is 0 Å². The lowest BCUT2D eigenvalue weighted by Crippen LogP contribution is -2.43. The van der Waals surface area contributed by atoms with Crippen molar-refractivity contribution in [2.75, 3.05) is 20.2 Å². The van der Waals surface area contributed by atoms with E-state index in [1.54, 1.807) is 7.11 Å². The first-order chi connectivity index (χ1) is 9.19. The molecule has 1 aliphatic heterocycles. The molecule has 0 aromatic heterocycles. The van der Waals surface area contributed by atoms with Crippen LogP contribution in [0.1, 0.15) is 51.4 Å². The first-order valence-corrected chi connectivity index (χ1v) is 7.75. The zero-order valence-corrected chi connectivity index (χ0v) is 12.1. The number of piperidine rings is 1. The van der Waals surface area contributed by atoms with E-state index in [0.717, 1.165) is 45.2 Å². The van der Waals surface area contributed by atoms with Crippen molar-refractivity contribution >= 4 is 5.91 Å². The third-order valence-electron chi connectivity index (χ3n) is 4.72. The fourth-order valence-corrected chi connectivity index (χ4v) is 3.32. The quantitative estimate of drug-likeness (QED) is 0.847. The van der Waals surface area contributed by atoms with E-state index in [-0.39, 0.29) is 6.10 Å². The van der Waals surface area contributed by atoms with Gasteiger partial charge in [-0.1, -0.05) is 0 Å². The summed E-state index contributed by atoms with van der Waals surface area (Å²) >= 11 is 0. The molecule has 2 rings (SSSR count). The number of ether oxygens (including phenoxy) is 1. The molecule has 2 aliphatic rings. The van der Waals surface area contributed by atoms with Crippen LogP contribution in [-0.2, 0) is 9.53 Å². The van der Waals surface area contributed by atoms with Crippen LogP contribution in [0.5, 0.6) is 0 Å². The number of nitrogens with zero attached hydrogens (tertiary/aromatic N) is 1. The summed E-state index contributed by atoms with van der Waals surface area (Å²) in [6, 6.07) is 0.400. The van der Waals surface area contributed by atoms with Crippen LogP contribution in [0.3, 0.4) is 0 Å². The fraction of sp³-hybridized carbons (Fsp3) is 0.933. The fourth-order valence-electron chi connectivity index (χ4n) is 3.32. The highest BCUT2D eigenvalue weighted by atomic mass is 16.5. The maximum atomic E-state index is 12.2. The molecule has 2 N–H and O–H groups in total. The zero-order valence-electron chi connectivity index (χ0n) is 12.1. The number of hydrogen-bond donors (Lipinski definition) is 1. The Hall–Kier alpha value is -0.610. The molecule has 4 nitrogen and oxygen atoms in total. The van der Waals surface area contributed by atoms with Crippen molar-refractivity contribution in [1.29, 1.82) is 0 Å². The summed E-state index contributed by atoms with van der Waals surface area (Å²) in [5, 5.41) is 0. The molecule has 1 heterocycles. The number of carbonyl (C=O) groups excluding carboxylic acids is 1. The minimum absolute atomic E-state index is 0.241. The van der Waals surface area contributed by atoms with E-state index < -0.39 is 0 Å². The number of rotatable bonds is 4. The Labute approximate surface area is 116 Å². The summed E-state index contributed by atoms with van der Waals surface area (Å²) < 4.78 is 5.37. The van der Waals surface area contributed by atoms with Gasteiger partial charge in [-0.15, -0.1) is 0 Å². The van der Waals surface area contributed by atoms with E-state index in [1.165, 1.54) is 12.8 Å². The molecule has 110 valence electrons. The summed E-state index contributed by atoms with van der Waals surface area (Å²) in [6.45, 7) is 1.69. The van der Waals surface area contributed by atoms with Gasteiger partial charge in [0.05, 0.1) is 6.10 Å². The lowest BCUT2D eigenvalue weighted by molar-refractivity contribution is -0.135. The number of likely N-dealkylation sites (tertiary alicyclic amines) is 1. The Balaban J connectivity index is 1.69. The van der Waals surface area contributed by atoms with Gasteiger partial charge in [0.25, 0.3) is 0 Å². The van der Waals surface area contributed by atoms with E-state index in [4.69, 9.17) is 10.5 Å². The molecule has 0 aromatic rings. The Morgan fingerprint density at radius 2 is 2.00 bits per heavy atom. The molecule has 4 heteroatoms. The molecule has 0 bridgehead atoms. The molecule has 0 radical (unpaired) electrons. The van der Waals surface area contributed by atoms with Crippen LogP contribution in [0.25, 0.3) is 0 Å². The molecule has 1 unspecified atom stereocenters. The average molecular weight is 268 g/mol. The van der Waals surface area contributed by atoms with Crippen LogP contribution in [0.15, 0.2) is 0 Å². The summed E-state index contributed by atoms with van der Waals surface area (Å²) in [6.07, 6.45) is 8.82. The Bertz CT molecular complexity index is 288. The standard InChI is InChI=1S/C15H28N2O2/c1-19-14-3-2-10-17(11-14)15(18)9-6-12-4-7-13(16)8-5-12/h12-14H,2-11,16H2,1H3. The SMILES string of the molecule is COC1CCCN(C(=O)CCC2CCC(N)CC2)C1. The van der Waals surface area contributed by atoms with Crippen LogP contribution < -0.4 is 5.73 Å². The van der Waals surface area contributed by atoms with Gasteiger partial charge in [0.1, 0.15) is 0 Å². The molecular formula is C15H28N2O2. The van der Waals surface area contributed by atoms with Gasteiger partial charge < -0.3 is 15.4 Å². The van der Waals surface area contributed by atoms with Crippen LogP contribution in [-0.4, -0.2) is 43.2 Å². The van der Waals surface area contributed by atoms with Crippen molar-refractivity contribution in [3.63, 3.8) is 0 Å². The molecule has 1 atom stereocenters. The highest BCUT2D eigenvalue weighted by Gasteiger charge is 2.24. The van der Waals surface area contributed by atoms with E-state index in [9.17, 15) is 4.79 Å². The van der Waals surface area contributed by atoms with E-state index in [2.05, 4.69) is 0 Å². The molecule has 19 heavy (non-hydrogen) atoms. The highest BCUT2D eigenvalue weighted by molar-refractivity contribution is 5.76. The monoisotopic (exact) mass is 268 g/mol. The van der Waals surface area contributed by atoms with Crippen molar-refractivity contribution in [1.82, 2.24) is 4.90 Å². The van der Waals surface area contributed by atoms with Gasteiger partial charge in [0, 0.05) is 32.7 Å². The predicted molar refractivity (Wildman–Crippen MR) is 75.8 cm³/mol. The van der Waals surface area contributed by atoms with Gasteiger partial charge in [-0.25, -0.2) is 0 Å². The smallest absolute Gasteiger partial charge is 0.222 e. The second kappa shape index (κ2) is 7.25. The molecule has 1 saturated heterocycles. The van der Waals surface area contributed by atoms with E-state index in [1.807, 2.05) is 4.90 Å². The third-order valence-corrected chi connectivity index (χ3v) is 4.72. The first-order valence-electron chi connectivity index (χ1n) is 7.75. The maximum absolute atomic E-state index is 12.2. The van der Waals surface area contributed by atoms with Crippen molar-refractivity contribution < 1.29 is 9.53 Å². The minimum Gasteiger partial charge on any atom is -0.380 e. The summed E-state index contributed by atoms with van der Waals surface area (Å²) in [5.74, 6) is 1.03. The van der Waals surface area contributed by atoms with Gasteiger partial charge in [0.2, 0.25) is 5.91 Å². The van der Waals surface area contributed by atoms with Crippen molar-refractivity contribution in [3.8, 4) is 0 Å². The second-order valence-corrected chi connectivity index (χ2v) is 6.16. The van der Waals surface area contributed by atoms with Crippen molar-refractivity contribution in [2.45, 2.75) is 63.5 Å². The summed E-state index contributed by atoms with van der Waals surface area (Å²) in [5.41, 5.74) is 5.91. The van der Waals surface area contributed by atoms with Gasteiger partial charge in [-0.2, -0.15) is 0 Å². The lowest BCUT2D eigenvalue weighted by Gasteiger charge is -2.32. The van der Waals surface area contributed by atoms with Crippen LogP contribution in [0.2, 0.25) is 0 Å². The van der Waals surface area contributed by atoms with Gasteiger partial charge in [-0.05, 0) is 50.9 Å².